The summed E-state index contributed by atoms with van der Waals surface area (Å²) in [5, 5.41) is 2.06. The zero-order chi connectivity index (χ0) is 19.3. The van der Waals surface area contributed by atoms with Crippen molar-refractivity contribution in [3.63, 3.8) is 0 Å². The molecule has 2 aromatic heterocycles. The molecule has 1 saturated heterocycles. The quantitative estimate of drug-likeness (QED) is 0.543. The van der Waals surface area contributed by atoms with Crippen LogP contribution in [0.4, 0.5) is 0 Å². The monoisotopic (exact) mass is 392 g/mol. The van der Waals surface area contributed by atoms with Crippen LogP contribution in [0.3, 0.4) is 0 Å². The predicted octanol–water partition coefficient (Wildman–Crippen LogP) is 3.59. The highest BCUT2D eigenvalue weighted by Crippen LogP contribution is 2.44. The van der Waals surface area contributed by atoms with Crippen LogP contribution in [-0.4, -0.2) is 51.0 Å². The molecule has 3 atom stereocenters. The van der Waals surface area contributed by atoms with Crippen LogP contribution in [0, 0.1) is 12.8 Å². The summed E-state index contributed by atoms with van der Waals surface area (Å²) in [6.45, 7) is 2.81. The summed E-state index contributed by atoms with van der Waals surface area (Å²) in [6.07, 6.45) is 7.76. The molecule has 1 fully saturated rings. The molecule has 3 unspecified atom stereocenters. The predicted molar refractivity (Wildman–Crippen MR) is 112 cm³/mol. The van der Waals surface area contributed by atoms with Gasteiger partial charge in [-0.2, -0.15) is 0 Å². The van der Waals surface area contributed by atoms with Gasteiger partial charge >= 0.3 is 0 Å². The Bertz CT molecular complexity index is 1030. The lowest BCUT2D eigenvalue weighted by Crippen LogP contribution is -2.49. The van der Waals surface area contributed by atoms with Gasteiger partial charge in [0, 0.05) is 53.9 Å². The second-order valence-electron chi connectivity index (χ2n) is 8.13. The standard InChI is InChI=1S/C22H24N4OS/c1-13-8-24-22(25-9-13)28-12-20(27)15-6-17-16-4-3-5-18-21(16)14(10-23-18)7-19(17)26(2)11-15/h3-5,8-10,15,17,19,23H,6-7,11-12H2,1-2H3. The SMILES string of the molecule is Cc1cnc(SCC(=O)C2CC3c4cccc5[nH]cc(c45)CC3N(C)C2)nc1. The average Bonchev–Trinajstić information content (AvgIpc) is 3.12. The number of benzene rings is 1. The zero-order valence-corrected chi connectivity index (χ0v) is 17.0. The van der Waals surface area contributed by atoms with Gasteiger partial charge in [-0.25, -0.2) is 9.97 Å². The molecular formula is C22H24N4OS. The number of carbonyl (C=O) groups excluding carboxylic acids is 1. The number of hydrogen-bond acceptors (Lipinski definition) is 5. The fourth-order valence-corrected chi connectivity index (χ4v) is 5.65. The largest absolute Gasteiger partial charge is 0.361 e. The van der Waals surface area contributed by atoms with Gasteiger partial charge in [0.05, 0.1) is 5.75 Å². The van der Waals surface area contributed by atoms with Gasteiger partial charge < -0.3 is 9.88 Å². The van der Waals surface area contributed by atoms with Crippen molar-refractivity contribution in [2.75, 3.05) is 19.3 Å². The number of hydrogen-bond donors (Lipinski definition) is 1. The van der Waals surface area contributed by atoms with Crippen molar-refractivity contribution >= 4 is 28.4 Å². The smallest absolute Gasteiger partial charge is 0.187 e. The molecule has 0 amide bonds. The van der Waals surface area contributed by atoms with Crippen molar-refractivity contribution in [3.8, 4) is 0 Å². The molecule has 3 aromatic rings. The number of nitrogens with one attached hydrogen (secondary N) is 1. The molecule has 5 nitrogen and oxygen atoms in total. The number of aryl methyl sites for hydroxylation is 1. The maximum Gasteiger partial charge on any atom is 0.187 e. The molecule has 3 heterocycles. The molecule has 5 rings (SSSR count). The van der Waals surface area contributed by atoms with Crippen LogP contribution in [0.15, 0.2) is 41.9 Å². The summed E-state index contributed by atoms with van der Waals surface area (Å²) in [7, 11) is 2.17. The third kappa shape index (κ3) is 3.05. The molecule has 28 heavy (non-hydrogen) atoms. The number of piperidine rings is 1. The van der Waals surface area contributed by atoms with Gasteiger partial charge in [-0.3, -0.25) is 4.79 Å². The number of aromatic amines is 1. The summed E-state index contributed by atoms with van der Waals surface area (Å²) in [6, 6.07) is 7.02. The van der Waals surface area contributed by atoms with E-state index in [0.717, 1.165) is 24.9 Å². The number of thioether (sulfide) groups is 1. The number of rotatable bonds is 4. The lowest BCUT2D eigenvalue weighted by atomic mass is 9.72. The summed E-state index contributed by atoms with van der Waals surface area (Å²) >= 11 is 1.45. The molecule has 144 valence electrons. The number of ketones is 1. The Morgan fingerprint density at radius 2 is 2.14 bits per heavy atom. The Kier molecular flexibility index (Phi) is 4.48. The first-order valence-electron chi connectivity index (χ1n) is 9.83. The fourth-order valence-electron chi connectivity index (χ4n) is 4.88. The number of aromatic nitrogens is 3. The highest BCUT2D eigenvalue weighted by atomic mass is 32.2. The third-order valence-electron chi connectivity index (χ3n) is 6.28. The molecule has 2 aliphatic rings. The molecule has 1 aromatic carbocycles. The van der Waals surface area contributed by atoms with Crippen LogP contribution in [0.2, 0.25) is 0 Å². The fraction of sp³-hybridized carbons (Fsp3) is 0.409. The normalized spacial score (nSPS) is 24.3. The van der Waals surface area contributed by atoms with Crippen LogP contribution >= 0.6 is 11.8 Å². The summed E-state index contributed by atoms with van der Waals surface area (Å²) in [5.74, 6) is 1.24. The van der Waals surface area contributed by atoms with Crippen molar-refractivity contribution in [1.29, 1.82) is 0 Å². The molecule has 0 spiro atoms. The maximum atomic E-state index is 13.0. The summed E-state index contributed by atoms with van der Waals surface area (Å²) in [5.41, 5.74) is 5.07. The van der Waals surface area contributed by atoms with Crippen LogP contribution < -0.4 is 0 Å². The van der Waals surface area contributed by atoms with Gasteiger partial charge in [-0.15, -0.1) is 0 Å². The van der Waals surface area contributed by atoms with E-state index in [2.05, 4.69) is 51.3 Å². The van der Waals surface area contributed by atoms with Crippen molar-refractivity contribution in [3.05, 3.63) is 53.5 Å². The van der Waals surface area contributed by atoms with Crippen LogP contribution in [0.25, 0.3) is 10.9 Å². The highest BCUT2D eigenvalue weighted by molar-refractivity contribution is 7.99. The minimum atomic E-state index is 0.0694. The Balaban J connectivity index is 1.35. The van der Waals surface area contributed by atoms with E-state index in [4.69, 9.17) is 0 Å². The molecule has 0 saturated carbocycles. The van der Waals surface area contributed by atoms with Crippen molar-refractivity contribution in [1.82, 2.24) is 19.9 Å². The summed E-state index contributed by atoms with van der Waals surface area (Å²) in [4.78, 5) is 27.4. The maximum absolute atomic E-state index is 13.0. The van der Waals surface area contributed by atoms with E-state index in [0.29, 0.717) is 28.7 Å². The molecule has 1 aliphatic heterocycles. The molecular weight excluding hydrogens is 368 g/mol. The van der Waals surface area contributed by atoms with Gasteiger partial charge in [-0.05, 0) is 49.6 Å². The highest BCUT2D eigenvalue weighted by Gasteiger charge is 2.41. The van der Waals surface area contributed by atoms with Crippen LogP contribution in [0.1, 0.15) is 29.0 Å². The molecule has 0 bridgehead atoms. The van der Waals surface area contributed by atoms with Gasteiger partial charge in [0.15, 0.2) is 5.16 Å². The van der Waals surface area contributed by atoms with Crippen molar-refractivity contribution in [2.45, 2.75) is 36.9 Å². The Hall–Kier alpha value is -2.18. The van der Waals surface area contributed by atoms with Crippen LogP contribution in [0.5, 0.6) is 0 Å². The summed E-state index contributed by atoms with van der Waals surface area (Å²) < 4.78 is 0. The first-order valence-corrected chi connectivity index (χ1v) is 10.8. The topological polar surface area (TPSA) is 61.9 Å². The number of fused-ring (bicyclic) bond motifs is 2. The lowest BCUT2D eigenvalue weighted by Gasteiger charge is -2.45. The second-order valence-corrected chi connectivity index (χ2v) is 9.07. The molecule has 1 N–H and O–H groups in total. The van der Waals surface area contributed by atoms with Gasteiger partial charge in [-0.1, -0.05) is 23.9 Å². The van der Waals surface area contributed by atoms with Gasteiger partial charge in [0.2, 0.25) is 0 Å². The molecule has 1 aliphatic carbocycles. The van der Waals surface area contributed by atoms with Crippen molar-refractivity contribution in [2.24, 2.45) is 5.92 Å². The van der Waals surface area contributed by atoms with Crippen LogP contribution in [-0.2, 0) is 11.2 Å². The second kappa shape index (κ2) is 7.01. The molecule has 0 radical (unpaired) electrons. The van der Waals surface area contributed by atoms with Gasteiger partial charge in [0.25, 0.3) is 0 Å². The first kappa shape index (κ1) is 17.9. The third-order valence-corrected chi connectivity index (χ3v) is 7.18. The zero-order valence-electron chi connectivity index (χ0n) is 16.2. The van der Waals surface area contributed by atoms with E-state index in [1.165, 1.54) is 33.8 Å². The molecule has 6 heteroatoms. The Morgan fingerprint density at radius 1 is 1.32 bits per heavy atom. The Morgan fingerprint density at radius 3 is 2.96 bits per heavy atom. The van der Waals surface area contributed by atoms with E-state index in [9.17, 15) is 4.79 Å². The number of H-pyrrole nitrogens is 1. The number of nitrogens with zero attached hydrogens (tertiary/aromatic N) is 3. The minimum Gasteiger partial charge on any atom is -0.361 e. The van der Waals surface area contributed by atoms with E-state index < -0.39 is 0 Å². The van der Waals surface area contributed by atoms with E-state index >= 15 is 0 Å². The van der Waals surface area contributed by atoms with E-state index in [1.807, 2.05) is 6.92 Å². The number of likely N-dealkylation sites (tertiary alicyclic amines) is 1. The van der Waals surface area contributed by atoms with Crippen molar-refractivity contribution < 1.29 is 4.79 Å². The van der Waals surface area contributed by atoms with E-state index in [1.54, 1.807) is 12.4 Å². The number of Topliss-reactive ketones (excluding diaryl/α,β-unsaturated/α-hetero) is 1. The lowest BCUT2D eigenvalue weighted by molar-refractivity contribution is -0.122. The first-order chi connectivity index (χ1) is 13.6. The minimum absolute atomic E-state index is 0.0694. The number of likely N-dealkylation sites (N-methyl/N-ethyl adjacent to an activating group) is 1. The van der Waals surface area contributed by atoms with Gasteiger partial charge in [0.1, 0.15) is 5.78 Å². The average molecular weight is 393 g/mol. The number of carbonyl (C=O) groups is 1. The van der Waals surface area contributed by atoms with E-state index in [-0.39, 0.29) is 5.92 Å². The Labute approximate surface area is 169 Å².